The van der Waals surface area contributed by atoms with E-state index in [-0.39, 0.29) is 18.0 Å². The van der Waals surface area contributed by atoms with Gasteiger partial charge in [0, 0.05) is 48.2 Å². The molecule has 0 saturated carbocycles. The van der Waals surface area contributed by atoms with Crippen molar-refractivity contribution in [2.45, 2.75) is 31.0 Å². The molecule has 1 unspecified atom stereocenters. The monoisotopic (exact) mass is 481 g/mol. The fourth-order valence-corrected chi connectivity index (χ4v) is 4.98. The van der Waals surface area contributed by atoms with Gasteiger partial charge in [-0.15, -0.1) is 0 Å². The van der Waals surface area contributed by atoms with Crippen molar-refractivity contribution in [1.29, 1.82) is 0 Å². The van der Waals surface area contributed by atoms with Crippen LogP contribution in [0.3, 0.4) is 0 Å². The van der Waals surface area contributed by atoms with E-state index in [0.29, 0.717) is 36.8 Å². The summed E-state index contributed by atoms with van der Waals surface area (Å²) in [5, 5.41) is 15.9. The van der Waals surface area contributed by atoms with Gasteiger partial charge in [-0.05, 0) is 55.3 Å². The second-order valence-corrected chi connectivity index (χ2v) is 9.34. The molecule has 8 nitrogen and oxygen atoms in total. The van der Waals surface area contributed by atoms with Crippen molar-refractivity contribution in [1.82, 2.24) is 20.2 Å². The van der Waals surface area contributed by atoms with Crippen molar-refractivity contribution >= 4 is 34.2 Å². The maximum Gasteiger partial charge on any atom is 0.253 e. The number of rotatable bonds is 5. The third-order valence-electron chi connectivity index (χ3n) is 6.73. The number of anilines is 1. The Hall–Kier alpha value is -2.94. The maximum absolute atomic E-state index is 12.8. The van der Waals surface area contributed by atoms with Gasteiger partial charge in [-0.2, -0.15) is 0 Å². The summed E-state index contributed by atoms with van der Waals surface area (Å²) in [5.41, 5.74) is 1.50. The molecular weight excluding hydrogens is 454 g/mol. The molecule has 1 aromatic heterocycles. The Labute approximate surface area is 203 Å². The summed E-state index contributed by atoms with van der Waals surface area (Å²) in [5.74, 6) is 1.58. The van der Waals surface area contributed by atoms with Gasteiger partial charge >= 0.3 is 0 Å². The van der Waals surface area contributed by atoms with Crippen LogP contribution in [0, 0.1) is 0 Å². The Morgan fingerprint density at radius 2 is 1.88 bits per heavy atom. The molecular formula is C25H28ClN5O3. The topological polar surface area (TPSA) is 90.8 Å². The number of likely N-dealkylation sites (tertiary alicyclic amines) is 1. The van der Waals surface area contributed by atoms with Crippen LogP contribution in [0.15, 0.2) is 48.8 Å². The molecule has 0 radical (unpaired) electrons. The van der Waals surface area contributed by atoms with Crippen LogP contribution in [0.2, 0.25) is 5.02 Å². The number of aliphatic hydroxyl groups excluding tert-OH is 1. The van der Waals surface area contributed by atoms with Gasteiger partial charge in [0.2, 0.25) is 0 Å². The molecule has 5 rings (SSSR count). The Kier molecular flexibility index (Phi) is 6.54. The summed E-state index contributed by atoms with van der Waals surface area (Å²) in [6, 6.07) is 12.9. The number of aromatic nitrogens is 2. The van der Waals surface area contributed by atoms with Crippen LogP contribution in [0.25, 0.3) is 10.9 Å². The molecule has 0 aliphatic carbocycles. The number of fused-ring (bicyclic) bond motifs is 1. The van der Waals surface area contributed by atoms with Crippen molar-refractivity contribution in [2.24, 2.45) is 0 Å². The predicted molar refractivity (Wildman–Crippen MR) is 132 cm³/mol. The molecule has 34 heavy (non-hydrogen) atoms. The molecule has 3 heterocycles. The number of ether oxygens (including phenoxy) is 1. The molecule has 2 aliphatic heterocycles. The molecule has 2 N–H and O–H groups in total. The normalized spacial score (nSPS) is 21.3. The molecule has 9 heteroatoms. The zero-order chi connectivity index (χ0) is 23.7. The minimum absolute atomic E-state index is 0.0354. The highest BCUT2D eigenvalue weighted by atomic mass is 35.5. The average Bonchev–Trinajstić information content (AvgIpc) is 3.23. The summed E-state index contributed by atoms with van der Waals surface area (Å²) in [7, 11) is 1.64. The minimum atomic E-state index is -0.510. The molecule has 0 spiro atoms. The number of hydrogen-bond donors (Lipinski definition) is 2. The molecule has 0 bridgehead atoms. The maximum atomic E-state index is 12.8. The first-order valence-corrected chi connectivity index (χ1v) is 11.9. The summed E-state index contributed by atoms with van der Waals surface area (Å²) < 4.78 is 5.37. The van der Waals surface area contributed by atoms with E-state index in [1.54, 1.807) is 37.7 Å². The van der Waals surface area contributed by atoms with Crippen LogP contribution in [0.4, 0.5) is 5.82 Å². The van der Waals surface area contributed by atoms with Gasteiger partial charge in [0.25, 0.3) is 5.91 Å². The fraction of sp³-hybridized carbons (Fsp3) is 0.400. The van der Waals surface area contributed by atoms with Gasteiger partial charge in [-0.25, -0.2) is 9.97 Å². The van der Waals surface area contributed by atoms with E-state index in [4.69, 9.17) is 16.3 Å². The van der Waals surface area contributed by atoms with E-state index in [1.165, 1.54) is 0 Å². The molecule has 1 amide bonds. The Bertz CT molecular complexity index is 1170. The number of aliphatic hydroxyl groups is 1. The first-order chi connectivity index (χ1) is 16.5. The molecule has 2 saturated heterocycles. The van der Waals surface area contributed by atoms with E-state index >= 15 is 0 Å². The third-order valence-corrected chi connectivity index (χ3v) is 6.99. The number of carbonyl (C=O) groups is 1. The Morgan fingerprint density at radius 1 is 1.12 bits per heavy atom. The highest BCUT2D eigenvalue weighted by Gasteiger charge is 2.35. The lowest BCUT2D eigenvalue weighted by Gasteiger charge is -2.34. The minimum Gasteiger partial charge on any atom is -0.497 e. The second-order valence-electron chi connectivity index (χ2n) is 8.90. The number of methoxy groups -OCH3 is 1. The molecule has 2 fully saturated rings. The van der Waals surface area contributed by atoms with E-state index in [1.807, 2.05) is 23.1 Å². The van der Waals surface area contributed by atoms with Gasteiger partial charge < -0.3 is 25.0 Å². The van der Waals surface area contributed by atoms with Gasteiger partial charge in [-0.3, -0.25) is 4.79 Å². The lowest BCUT2D eigenvalue weighted by atomic mass is 10.0. The Morgan fingerprint density at radius 3 is 2.62 bits per heavy atom. The number of nitrogens with one attached hydrogen (secondary N) is 1. The molecule has 3 aromatic rings. The van der Waals surface area contributed by atoms with Gasteiger partial charge in [-0.1, -0.05) is 11.6 Å². The van der Waals surface area contributed by atoms with Crippen LogP contribution < -0.4 is 15.0 Å². The highest BCUT2D eigenvalue weighted by Crippen LogP contribution is 2.29. The van der Waals surface area contributed by atoms with E-state index in [9.17, 15) is 9.90 Å². The SMILES string of the molecule is COc1ccc2ncnc(N3CC(NC4CCN(C(=O)c5ccc(Cl)cc5)CC4)[C@H](O)C3)c2c1. The average molecular weight is 482 g/mol. The van der Waals surface area contributed by atoms with Crippen molar-refractivity contribution in [2.75, 3.05) is 38.2 Å². The quantitative estimate of drug-likeness (QED) is 0.579. The van der Waals surface area contributed by atoms with Crippen molar-refractivity contribution in [3.63, 3.8) is 0 Å². The van der Waals surface area contributed by atoms with Crippen LogP contribution >= 0.6 is 11.6 Å². The van der Waals surface area contributed by atoms with Crippen molar-refractivity contribution < 1.29 is 14.6 Å². The Balaban J connectivity index is 1.20. The zero-order valence-electron chi connectivity index (χ0n) is 19.0. The molecule has 2 aliphatic rings. The smallest absolute Gasteiger partial charge is 0.253 e. The van der Waals surface area contributed by atoms with Crippen molar-refractivity contribution in [3.8, 4) is 5.75 Å². The summed E-state index contributed by atoms with van der Waals surface area (Å²) >= 11 is 5.94. The van der Waals surface area contributed by atoms with Gasteiger partial charge in [0.05, 0.1) is 24.8 Å². The lowest BCUT2D eigenvalue weighted by molar-refractivity contribution is 0.0691. The predicted octanol–water partition coefficient (Wildman–Crippen LogP) is 2.74. The largest absolute Gasteiger partial charge is 0.497 e. The first-order valence-electron chi connectivity index (χ1n) is 11.5. The van der Waals surface area contributed by atoms with Crippen LogP contribution in [0.1, 0.15) is 23.2 Å². The lowest BCUT2D eigenvalue weighted by Crippen LogP contribution is -2.50. The van der Waals surface area contributed by atoms with E-state index in [2.05, 4.69) is 20.2 Å². The number of piperidine rings is 1. The number of carbonyl (C=O) groups excluding carboxylic acids is 1. The molecule has 2 atom stereocenters. The second kappa shape index (κ2) is 9.74. The fourth-order valence-electron chi connectivity index (χ4n) is 4.85. The van der Waals surface area contributed by atoms with Crippen LogP contribution in [0.5, 0.6) is 5.75 Å². The standard InChI is InChI=1S/C25H28ClN5O3/c1-34-19-6-7-21-20(12-19)24(28-15-27-21)31-13-22(23(32)14-31)29-18-8-10-30(11-9-18)25(33)16-2-4-17(26)5-3-16/h2-7,12,15,18,22-23,29,32H,8-11,13-14H2,1H3/t22?,23-/m1/s1. The first kappa shape index (κ1) is 22.8. The van der Waals surface area contributed by atoms with Crippen LogP contribution in [-0.2, 0) is 0 Å². The number of benzene rings is 2. The van der Waals surface area contributed by atoms with Crippen molar-refractivity contribution in [3.05, 3.63) is 59.4 Å². The summed E-state index contributed by atoms with van der Waals surface area (Å²) in [6.07, 6.45) is 2.74. The zero-order valence-corrected chi connectivity index (χ0v) is 19.8. The summed E-state index contributed by atoms with van der Waals surface area (Å²) in [4.78, 5) is 25.6. The van der Waals surface area contributed by atoms with E-state index < -0.39 is 6.10 Å². The van der Waals surface area contributed by atoms with Crippen LogP contribution in [-0.4, -0.2) is 77.4 Å². The third kappa shape index (κ3) is 4.66. The van der Waals surface area contributed by atoms with Gasteiger partial charge in [0.15, 0.2) is 0 Å². The number of amides is 1. The number of nitrogens with zero attached hydrogens (tertiary/aromatic N) is 4. The number of β-amino-alcohol motifs (C(OH)–C–C–N with tert-alkyl or cyclic N) is 1. The summed E-state index contributed by atoms with van der Waals surface area (Å²) in [6.45, 7) is 2.51. The van der Waals surface area contributed by atoms with Gasteiger partial charge in [0.1, 0.15) is 17.9 Å². The number of hydrogen-bond acceptors (Lipinski definition) is 7. The van der Waals surface area contributed by atoms with E-state index in [0.717, 1.165) is 35.3 Å². The molecule has 2 aromatic carbocycles. The number of halogens is 1. The molecule has 178 valence electrons. The highest BCUT2D eigenvalue weighted by molar-refractivity contribution is 6.30.